The van der Waals surface area contributed by atoms with E-state index in [4.69, 9.17) is 16.3 Å². The summed E-state index contributed by atoms with van der Waals surface area (Å²) >= 11 is 7.68. The number of amides is 1. The SMILES string of the molecule is O=C(/C=C/c1cccs1)Nc1cc(Cl)ccc1N1CCOCC1. The zero-order chi connectivity index (χ0) is 16.1. The highest BCUT2D eigenvalue weighted by molar-refractivity contribution is 7.10. The predicted octanol–water partition coefficient (Wildman–Crippen LogP) is 3.89. The molecular weight excluding hydrogens is 332 g/mol. The number of nitrogens with one attached hydrogen (secondary N) is 1. The first-order valence-electron chi connectivity index (χ1n) is 7.37. The highest BCUT2D eigenvalue weighted by Gasteiger charge is 2.16. The number of carbonyl (C=O) groups is 1. The Bertz CT molecular complexity index is 695. The van der Waals surface area contributed by atoms with E-state index in [9.17, 15) is 4.79 Å². The molecule has 1 aliphatic rings. The van der Waals surface area contributed by atoms with Crippen LogP contribution in [0.15, 0.2) is 41.8 Å². The molecule has 0 aliphatic carbocycles. The highest BCUT2D eigenvalue weighted by atomic mass is 35.5. The van der Waals surface area contributed by atoms with Crippen LogP contribution >= 0.6 is 22.9 Å². The lowest BCUT2D eigenvalue weighted by Crippen LogP contribution is -2.36. The summed E-state index contributed by atoms with van der Waals surface area (Å²) in [4.78, 5) is 15.4. The lowest BCUT2D eigenvalue weighted by atomic mass is 10.2. The molecule has 0 spiro atoms. The Morgan fingerprint density at radius 1 is 1.30 bits per heavy atom. The minimum atomic E-state index is -0.171. The molecule has 1 aromatic heterocycles. The van der Waals surface area contributed by atoms with Gasteiger partial charge in [-0.1, -0.05) is 17.7 Å². The van der Waals surface area contributed by atoms with Crippen LogP contribution in [0.1, 0.15) is 4.88 Å². The van der Waals surface area contributed by atoms with Gasteiger partial charge in [0.2, 0.25) is 5.91 Å². The highest BCUT2D eigenvalue weighted by Crippen LogP contribution is 2.30. The lowest BCUT2D eigenvalue weighted by Gasteiger charge is -2.30. The van der Waals surface area contributed by atoms with Gasteiger partial charge in [0.15, 0.2) is 0 Å². The standard InChI is InChI=1S/C17H17ClN2O2S/c18-13-3-5-16(20-7-9-22-10-8-20)15(12-13)19-17(21)6-4-14-2-1-11-23-14/h1-6,11-12H,7-10H2,(H,19,21)/b6-4+. The summed E-state index contributed by atoms with van der Waals surface area (Å²) in [6.45, 7) is 2.98. The van der Waals surface area contributed by atoms with Gasteiger partial charge < -0.3 is 15.0 Å². The molecule has 0 bridgehead atoms. The second-order valence-corrected chi connectivity index (χ2v) is 6.51. The van der Waals surface area contributed by atoms with Crippen LogP contribution in [0.5, 0.6) is 0 Å². The van der Waals surface area contributed by atoms with E-state index in [0.717, 1.165) is 29.3 Å². The fourth-order valence-corrected chi connectivity index (χ4v) is 3.20. The van der Waals surface area contributed by atoms with Crippen molar-refractivity contribution in [2.24, 2.45) is 0 Å². The molecule has 2 aromatic rings. The fourth-order valence-electron chi connectivity index (χ4n) is 2.41. The van der Waals surface area contributed by atoms with Crippen LogP contribution < -0.4 is 10.2 Å². The smallest absolute Gasteiger partial charge is 0.248 e. The number of nitrogens with zero attached hydrogens (tertiary/aromatic N) is 1. The van der Waals surface area contributed by atoms with E-state index in [2.05, 4.69) is 10.2 Å². The molecule has 1 fully saturated rings. The van der Waals surface area contributed by atoms with Crippen molar-refractivity contribution in [2.75, 3.05) is 36.5 Å². The first-order valence-corrected chi connectivity index (χ1v) is 8.63. The zero-order valence-electron chi connectivity index (χ0n) is 12.5. The normalized spacial score (nSPS) is 15.1. The Hall–Kier alpha value is -1.82. The van der Waals surface area contributed by atoms with Crippen LogP contribution in [0.3, 0.4) is 0 Å². The summed E-state index contributed by atoms with van der Waals surface area (Å²) in [6, 6.07) is 9.47. The third-order valence-corrected chi connectivity index (χ3v) is 4.58. The first kappa shape index (κ1) is 16.1. The van der Waals surface area contributed by atoms with E-state index in [1.165, 1.54) is 6.08 Å². The van der Waals surface area contributed by atoms with Gasteiger partial charge in [0, 0.05) is 29.1 Å². The topological polar surface area (TPSA) is 41.6 Å². The number of thiophene rings is 1. The molecule has 0 unspecified atom stereocenters. The van der Waals surface area contributed by atoms with Gasteiger partial charge in [-0.3, -0.25) is 4.79 Å². The molecule has 120 valence electrons. The van der Waals surface area contributed by atoms with E-state index in [0.29, 0.717) is 18.2 Å². The molecule has 0 saturated carbocycles. The average molecular weight is 349 g/mol. The van der Waals surface area contributed by atoms with Gasteiger partial charge in [-0.2, -0.15) is 0 Å². The Morgan fingerprint density at radius 3 is 2.87 bits per heavy atom. The summed E-state index contributed by atoms with van der Waals surface area (Å²) in [5.41, 5.74) is 1.69. The van der Waals surface area contributed by atoms with Gasteiger partial charge in [0.05, 0.1) is 24.6 Å². The molecule has 1 aromatic carbocycles. The van der Waals surface area contributed by atoms with Crippen molar-refractivity contribution in [1.29, 1.82) is 0 Å². The maximum atomic E-state index is 12.2. The number of ether oxygens (including phenoxy) is 1. The number of anilines is 2. The molecule has 3 rings (SSSR count). The van der Waals surface area contributed by atoms with Crippen molar-refractivity contribution in [3.8, 4) is 0 Å². The molecule has 1 N–H and O–H groups in total. The Morgan fingerprint density at radius 2 is 2.13 bits per heavy atom. The van der Waals surface area contributed by atoms with Crippen LogP contribution in [0.4, 0.5) is 11.4 Å². The molecule has 1 saturated heterocycles. The largest absolute Gasteiger partial charge is 0.378 e. The third kappa shape index (κ3) is 4.34. The molecule has 4 nitrogen and oxygen atoms in total. The molecule has 23 heavy (non-hydrogen) atoms. The van der Waals surface area contributed by atoms with Crippen LogP contribution in [0.25, 0.3) is 6.08 Å². The summed E-state index contributed by atoms with van der Waals surface area (Å²) in [7, 11) is 0. The van der Waals surface area contributed by atoms with E-state index < -0.39 is 0 Å². The maximum Gasteiger partial charge on any atom is 0.248 e. The van der Waals surface area contributed by atoms with E-state index in [1.54, 1.807) is 23.5 Å². The Labute approximate surface area is 144 Å². The minimum absolute atomic E-state index is 0.171. The molecule has 1 aliphatic heterocycles. The van der Waals surface area contributed by atoms with Crippen molar-refractivity contribution in [2.45, 2.75) is 0 Å². The predicted molar refractivity (Wildman–Crippen MR) is 96.5 cm³/mol. The number of morpholine rings is 1. The number of rotatable bonds is 4. The summed E-state index contributed by atoms with van der Waals surface area (Å²) in [6.07, 6.45) is 3.34. The zero-order valence-corrected chi connectivity index (χ0v) is 14.1. The van der Waals surface area contributed by atoms with E-state index >= 15 is 0 Å². The van der Waals surface area contributed by atoms with Crippen molar-refractivity contribution in [1.82, 2.24) is 0 Å². The third-order valence-electron chi connectivity index (χ3n) is 3.51. The van der Waals surface area contributed by atoms with Crippen LogP contribution in [0, 0.1) is 0 Å². The van der Waals surface area contributed by atoms with Crippen LogP contribution in [0.2, 0.25) is 5.02 Å². The van der Waals surface area contributed by atoms with Crippen LogP contribution in [-0.2, 0) is 9.53 Å². The number of carbonyl (C=O) groups excluding carboxylic acids is 1. The minimum Gasteiger partial charge on any atom is -0.378 e. The van der Waals surface area contributed by atoms with Gasteiger partial charge in [-0.05, 0) is 35.7 Å². The lowest BCUT2D eigenvalue weighted by molar-refractivity contribution is -0.111. The van der Waals surface area contributed by atoms with Gasteiger partial charge >= 0.3 is 0 Å². The number of benzene rings is 1. The summed E-state index contributed by atoms with van der Waals surface area (Å²) < 4.78 is 5.38. The second-order valence-electron chi connectivity index (χ2n) is 5.10. The molecule has 1 amide bonds. The van der Waals surface area contributed by atoms with Gasteiger partial charge in [0.1, 0.15) is 0 Å². The fraction of sp³-hybridized carbons (Fsp3) is 0.235. The van der Waals surface area contributed by atoms with Crippen molar-refractivity contribution in [3.63, 3.8) is 0 Å². The van der Waals surface area contributed by atoms with Gasteiger partial charge in [-0.15, -0.1) is 11.3 Å². The summed E-state index contributed by atoms with van der Waals surface area (Å²) in [5, 5.41) is 5.50. The molecule has 0 atom stereocenters. The van der Waals surface area contributed by atoms with E-state index in [1.807, 2.05) is 29.6 Å². The number of hydrogen-bond acceptors (Lipinski definition) is 4. The van der Waals surface area contributed by atoms with Crippen molar-refractivity contribution < 1.29 is 9.53 Å². The maximum absolute atomic E-state index is 12.2. The Kier molecular flexibility index (Phi) is 5.33. The van der Waals surface area contributed by atoms with Gasteiger partial charge in [0.25, 0.3) is 0 Å². The molecular formula is C17H17ClN2O2S. The molecule has 0 radical (unpaired) electrons. The molecule has 2 heterocycles. The van der Waals surface area contributed by atoms with Crippen molar-refractivity contribution >= 4 is 46.3 Å². The number of halogens is 1. The quantitative estimate of drug-likeness (QED) is 0.852. The molecule has 6 heteroatoms. The summed E-state index contributed by atoms with van der Waals surface area (Å²) in [5.74, 6) is -0.171. The average Bonchev–Trinajstić information content (AvgIpc) is 3.07. The number of hydrogen-bond donors (Lipinski definition) is 1. The van der Waals surface area contributed by atoms with Gasteiger partial charge in [-0.25, -0.2) is 0 Å². The second kappa shape index (κ2) is 7.64. The first-order chi connectivity index (χ1) is 11.2. The van der Waals surface area contributed by atoms with Crippen molar-refractivity contribution in [3.05, 3.63) is 51.7 Å². The van der Waals surface area contributed by atoms with Crippen LogP contribution in [-0.4, -0.2) is 32.2 Å². The van der Waals surface area contributed by atoms with E-state index in [-0.39, 0.29) is 5.91 Å². The monoisotopic (exact) mass is 348 g/mol. The Balaban J connectivity index is 1.75.